The quantitative estimate of drug-likeness (QED) is 0.478. The standard InChI is InChI=1S/C21H20NOP/c23-24(20-14-6-2-7-15-20,21-16-8-3-9-17-21)22-18-10-13-19-11-4-1-5-12-19/h1-9,11-12,14-18H,10,13H2/b22-18+. The van der Waals surface area contributed by atoms with E-state index in [4.69, 9.17) is 0 Å². The summed E-state index contributed by atoms with van der Waals surface area (Å²) in [5, 5.41) is 1.54. The summed E-state index contributed by atoms with van der Waals surface area (Å²) in [6.45, 7) is 0. The van der Waals surface area contributed by atoms with E-state index in [1.165, 1.54) is 5.56 Å². The summed E-state index contributed by atoms with van der Waals surface area (Å²) in [7, 11) is -2.98. The highest BCUT2D eigenvalue weighted by atomic mass is 31.2. The third-order valence-corrected chi connectivity index (χ3v) is 6.35. The van der Waals surface area contributed by atoms with Gasteiger partial charge in [-0.25, -0.2) is 4.76 Å². The molecule has 0 aliphatic rings. The summed E-state index contributed by atoms with van der Waals surface area (Å²) in [5.41, 5.74) is 1.26. The number of hydrogen-bond donors (Lipinski definition) is 0. The van der Waals surface area contributed by atoms with E-state index in [2.05, 4.69) is 16.9 Å². The van der Waals surface area contributed by atoms with Crippen LogP contribution in [0.1, 0.15) is 12.0 Å². The second-order valence-corrected chi connectivity index (χ2v) is 7.99. The Morgan fingerprint density at radius 3 is 1.67 bits per heavy atom. The van der Waals surface area contributed by atoms with Gasteiger partial charge in [0, 0.05) is 16.8 Å². The van der Waals surface area contributed by atoms with Gasteiger partial charge >= 0.3 is 0 Å². The fourth-order valence-electron chi connectivity index (χ4n) is 2.59. The van der Waals surface area contributed by atoms with Crippen LogP contribution < -0.4 is 10.6 Å². The first-order chi connectivity index (χ1) is 11.8. The van der Waals surface area contributed by atoms with Gasteiger partial charge in [0.1, 0.15) is 0 Å². The van der Waals surface area contributed by atoms with Gasteiger partial charge in [0.05, 0.1) is 0 Å². The summed E-state index contributed by atoms with van der Waals surface area (Å²) in [6, 6.07) is 29.3. The van der Waals surface area contributed by atoms with E-state index in [-0.39, 0.29) is 0 Å². The second-order valence-electron chi connectivity index (χ2n) is 5.57. The molecule has 3 aromatic carbocycles. The summed E-state index contributed by atoms with van der Waals surface area (Å²) >= 11 is 0. The molecule has 0 aromatic heterocycles. The van der Waals surface area contributed by atoms with Gasteiger partial charge < -0.3 is 0 Å². The SMILES string of the molecule is O=P(/N=C/CCc1ccccc1)(c1ccccc1)c1ccccc1. The van der Waals surface area contributed by atoms with E-state index >= 15 is 0 Å². The predicted molar refractivity (Wildman–Crippen MR) is 103 cm³/mol. The molecule has 3 aromatic rings. The molecule has 3 heteroatoms. The summed E-state index contributed by atoms with van der Waals surface area (Å²) in [6.07, 6.45) is 3.48. The lowest BCUT2D eigenvalue weighted by molar-refractivity contribution is 0.588. The first-order valence-electron chi connectivity index (χ1n) is 8.08. The molecule has 120 valence electrons. The molecule has 0 aliphatic heterocycles. The van der Waals surface area contributed by atoms with Crippen LogP contribution in [0.15, 0.2) is 95.8 Å². The minimum atomic E-state index is -2.98. The second kappa shape index (κ2) is 7.90. The molecule has 0 unspecified atom stereocenters. The molecule has 0 saturated carbocycles. The minimum absolute atomic E-state index is 0.771. The summed E-state index contributed by atoms with van der Waals surface area (Å²) < 4.78 is 18.2. The van der Waals surface area contributed by atoms with Gasteiger partial charge in [-0.1, -0.05) is 66.7 Å². The van der Waals surface area contributed by atoms with E-state index in [0.717, 1.165) is 23.5 Å². The molecule has 0 aliphatic carbocycles. The normalized spacial score (nSPS) is 11.7. The van der Waals surface area contributed by atoms with Crippen LogP contribution in [0, 0.1) is 0 Å². The van der Waals surface area contributed by atoms with Crippen molar-refractivity contribution in [3.63, 3.8) is 0 Å². The predicted octanol–water partition coefficient (Wildman–Crippen LogP) is 4.62. The molecular formula is C21H20NOP. The Labute approximate surface area is 143 Å². The monoisotopic (exact) mass is 333 g/mol. The number of benzene rings is 3. The zero-order chi connectivity index (χ0) is 16.7. The Morgan fingerprint density at radius 2 is 1.17 bits per heavy atom. The van der Waals surface area contributed by atoms with Crippen molar-refractivity contribution in [2.24, 2.45) is 4.76 Å². The van der Waals surface area contributed by atoms with Crippen molar-refractivity contribution in [1.82, 2.24) is 0 Å². The molecule has 0 spiro atoms. The Kier molecular flexibility index (Phi) is 5.40. The molecule has 0 heterocycles. The molecular weight excluding hydrogens is 313 g/mol. The largest absolute Gasteiger partial charge is 0.288 e. The lowest BCUT2D eigenvalue weighted by Gasteiger charge is -2.14. The Balaban J connectivity index is 1.83. The maximum absolute atomic E-state index is 13.6. The third kappa shape index (κ3) is 3.90. The number of rotatable bonds is 6. The van der Waals surface area contributed by atoms with E-state index in [0.29, 0.717) is 0 Å². The van der Waals surface area contributed by atoms with E-state index < -0.39 is 7.29 Å². The van der Waals surface area contributed by atoms with Crippen molar-refractivity contribution in [3.05, 3.63) is 96.6 Å². The van der Waals surface area contributed by atoms with Gasteiger partial charge in [0.2, 0.25) is 7.29 Å². The van der Waals surface area contributed by atoms with E-state index in [9.17, 15) is 4.57 Å². The third-order valence-electron chi connectivity index (χ3n) is 3.86. The van der Waals surface area contributed by atoms with Crippen LogP contribution in [-0.4, -0.2) is 6.21 Å². The Bertz CT molecular complexity index is 786. The zero-order valence-electron chi connectivity index (χ0n) is 13.5. The van der Waals surface area contributed by atoms with Gasteiger partial charge in [-0.3, -0.25) is 4.57 Å². The lowest BCUT2D eigenvalue weighted by atomic mass is 10.1. The number of hydrogen-bond acceptors (Lipinski definition) is 1. The van der Waals surface area contributed by atoms with Gasteiger partial charge in [0.15, 0.2) is 0 Å². The van der Waals surface area contributed by atoms with Crippen LogP contribution in [0.5, 0.6) is 0 Å². The fourth-order valence-corrected chi connectivity index (χ4v) is 4.65. The van der Waals surface area contributed by atoms with Crippen LogP contribution in [0.2, 0.25) is 0 Å². The van der Waals surface area contributed by atoms with Gasteiger partial charge in [0.25, 0.3) is 0 Å². The topological polar surface area (TPSA) is 29.4 Å². The molecule has 0 amide bonds. The van der Waals surface area contributed by atoms with Crippen LogP contribution in [0.25, 0.3) is 0 Å². The van der Waals surface area contributed by atoms with Crippen LogP contribution in [-0.2, 0) is 11.0 Å². The molecule has 0 bridgehead atoms. The summed E-state index contributed by atoms with van der Waals surface area (Å²) in [4.78, 5) is 0. The molecule has 0 N–H and O–H groups in total. The van der Waals surface area contributed by atoms with Crippen molar-refractivity contribution < 1.29 is 4.57 Å². The van der Waals surface area contributed by atoms with Crippen molar-refractivity contribution in [2.45, 2.75) is 12.8 Å². The highest BCUT2D eigenvalue weighted by Gasteiger charge is 2.25. The van der Waals surface area contributed by atoms with Gasteiger partial charge in [-0.05, 0) is 42.7 Å². The minimum Gasteiger partial charge on any atom is -0.288 e. The van der Waals surface area contributed by atoms with Crippen molar-refractivity contribution >= 4 is 24.1 Å². The van der Waals surface area contributed by atoms with Crippen molar-refractivity contribution in [2.75, 3.05) is 0 Å². The maximum atomic E-state index is 13.6. The average Bonchev–Trinajstić information content (AvgIpc) is 2.67. The van der Waals surface area contributed by atoms with Crippen molar-refractivity contribution in [1.29, 1.82) is 0 Å². The molecule has 3 rings (SSSR count). The van der Waals surface area contributed by atoms with Crippen LogP contribution >= 0.6 is 7.29 Å². The first-order valence-corrected chi connectivity index (χ1v) is 9.74. The molecule has 0 radical (unpaired) electrons. The van der Waals surface area contributed by atoms with Gasteiger partial charge in [-0.2, -0.15) is 0 Å². The maximum Gasteiger partial charge on any atom is 0.247 e. The number of aryl methyl sites for hydroxylation is 1. The fraction of sp³-hybridized carbons (Fsp3) is 0.0952. The first kappa shape index (κ1) is 16.4. The highest BCUT2D eigenvalue weighted by molar-refractivity contribution is 7.77. The van der Waals surface area contributed by atoms with E-state index in [1.807, 2.05) is 85.1 Å². The zero-order valence-corrected chi connectivity index (χ0v) is 14.3. The number of nitrogens with zero attached hydrogens (tertiary/aromatic N) is 1. The van der Waals surface area contributed by atoms with E-state index in [1.54, 1.807) is 0 Å². The van der Waals surface area contributed by atoms with Crippen LogP contribution in [0.3, 0.4) is 0 Å². The molecule has 2 nitrogen and oxygen atoms in total. The molecule has 24 heavy (non-hydrogen) atoms. The van der Waals surface area contributed by atoms with Crippen LogP contribution in [0.4, 0.5) is 0 Å². The summed E-state index contributed by atoms with van der Waals surface area (Å²) in [5.74, 6) is 0. The Hall–Kier alpha value is -2.44. The van der Waals surface area contributed by atoms with Crippen molar-refractivity contribution in [3.8, 4) is 0 Å². The highest BCUT2D eigenvalue weighted by Crippen LogP contribution is 2.44. The smallest absolute Gasteiger partial charge is 0.247 e. The molecule has 0 fully saturated rings. The molecule has 0 atom stereocenters. The Morgan fingerprint density at radius 1 is 0.708 bits per heavy atom. The molecule has 0 saturated heterocycles. The lowest BCUT2D eigenvalue weighted by Crippen LogP contribution is -2.14. The average molecular weight is 333 g/mol. The van der Waals surface area contributed by atoms with Gasteiger partial charge in [-0.15, -0.1) is 0 Å².